The smallest absolute Gasteiger partial charge is 0.141 e. The molecule has 1 aliphatic heterocycles. The van der Waals surface area contributed by atoms with Crippen LogP contribution in [0.1, 0.15) is 31.2 Å². The van der Waals surface area contributed by atoms with Crippen molar-refractivity contribution in [2.75, 3.05) is 33.2 Å². The molecule has 0 spiro atoms. The molecule has 1 heterocycles. The summed E-state index contributed by atoms with van der Waals surface area (Å²) < 4.78 is 13.5. The molecule has 1 radical (unpaired) electrons. The van der Waals surface area contributed by atoms with E-state index in [4.69, 9.17) is 11.6 Å². The molecule has 2 nitrogen and oxygen atoms in total. The monoisotopic (exact) mass is 309 g/mol. The molecule has 3 rings (SSSR count). The van der Waals surface area contributed by atoms with Crippen LogP contribution >= 0.6 is 11.6 Å². The van der Waals surface area contributed by atoms with Crippen molar-refractivity contribution in [2.45, 2.75) is 31.2 Å². The van der Waals surface area contributed by atoms with Gasteiger partial charge in [-0.25, -0.2) is 4.39 Å². The second-order valence-electron chi connectivity index (χ2n) is 6.34. The number of likely N-dealkylation sites (N-methyl/N-ethyl adjacent to an activating group) is 1. The summed E-state index contributed by atoms with van der Waals surface area (Å²) in [4.78, 5) is 4.96. The van der Waals surface area contributed by atoms with Crippen molar-refractivity contribution in [3.63, 3.8) is 0 Å². The Kier molecular flexibility index (Phi) is 4.53. The largest absolute Gasteiger partial charge is 0.304 e. The molecule has 4 heteroatoms. The van der Waals surface area contributed by atoms with Gasteiger partial charge in [0.15, 0.2) is 0 Å². The Labute approximate surface area is 131 Å². The van der Waals surface area contributed by atoms with E-state index in [-0.39, 0.29) is 16.4 Å². The van der Waals surface area contributed by atoms with Gasteiger partial charge in [-0.2, -0.15) is 0 Å². The second kappa shape index (κ2) is 6.23. The van der Waals surface area contributed by atoms with Gasteiger partial charge in [-0.05, 0) is 44.0 Å². The molecular formula is C17H23ClFN2. The third kappa shape index (κ3) is 2.96. The summed E-state index contributed by atoms with van der Waals surface area (Å²) >= 11 is 6.05. The minimum atomic E-state index is -0.325. The summed E-state index contributed by atoms with van der Waals surface area (Å²) in [7, 11) is 2.17. The second-order valence-corrected chi connectivity index (χ2v) is 6.74. The van der Waals surface area contributed by atoms with Crippen LogP contribution in [0.15, 0.2) is 18.2 Å². The highest BCUT2D eigenvalue weighted by Crippen LogP contribution is 2.43. The SMILES string of the molecule is CN1CCN(C2(c3ccc(F)c(Cl)c3)C[CH]CCC2)CC1. The lowest BCUT2D eigenvalue weighted by Gasteiger charge is -2.50. The molecule has 2 fully saturated rings. The fraction of sp³-hybridized carbons (Fsp3) is 0.588. The standard InChI is InChI=1S/C17H23ClFN2/c1-20-9-11-21(12-10-20)17(7-3-2-4-8-17)14-5-6-16(19)15(18)13-14/h3,5-6,13H,2,4,7-12H2,1H3. The van der Waals surface area contributed by atoms with E-state index in [1.165, 1.54) is 24.5 Å². The zero-order valence-corrected chi connectivity index (χ0v) is 13.4. The normalized spacial score (nSPS) is 24.1. The van der Waals surface area contributed by atoms with Gasteiger partial charge in [0.25, 0.3) is 0 Å². The number of benzene rings is 1. The molecule has 0 aromatic heterocycles. The maximum Gasteiger partial charge on any atom is 0.141 e. The van der Waals surface area contributed by atoms with E-state index >= 15 is 0 Å². The quantitative estimate of drug-likeness (QED) is 0.822. The maximum absolute atomic E-state index is 13.5. The molecule has 21 heavy (non-hydrogen) atoms. The van der Waals surface area contributed by atoms with Gasteiger partial charge in [0.05, 0.1) is 5.02 Å². The minimum Gasteiger partial charge on any atom is -0.304 e. The molecule has 0 N–H and O–H groups in total. The van der Waals surface area contributed by atoms with Crippen molar-refractivity contribution in [1.29, 1.82) is 0 Å². The molecule has 1 saturated carbocycles. The van der Waals surface area contributed by atoms with Gasteiger partial charge in [0.1, 0.15) is 5.82 Å². The number of hydrogen-bond donors (Lipinski definition) is 0. The number of rotatable bonds is 2. The lowest BCUT2D eigenvalue weighted by molar-refractivity contribution is 0.0204. The molecule has 1 atom stereocenters. The molecule has 1 aromatic carbocycles. The van der Waals surface area contributed by atoms with Crippen molar-refractivity contribution < 1.29 is 4.39 Å². The zero-order chi connectivity index (χ0) is 14.9. The fourth-order valence-electron chi connectivity index (χ4n) is 3.73. The van der Waals surface area contributed by atoms with E-state index in [0.717, 1.165) is 39.0 Å². The minimum absolute atomic E-state index is 0.0108. The molecule has 0 bridgehead atoms. The van der Waals surface area contributed by atoms with Crippen LogP contribution in [0, 0.1) is 12.2 Å². The van der Waals surface area contributed by atoms with E-state index in [1.807, 2.05) is 12.1 Å². The van der Waals surface area contributed by atoms with E-state index in [0.29, 0.717) is 0 Å². The number of halogens is 2. The van der Waals surface area contributed by atoms with Gasteiger partial charge in [-0.3, -0.25) is 4.90 Å². The van der Waals surface area contributed by atoms with Crippen molar-refractivity contribution in [3.05, 3.63) is 41.0 Å². The van der Waals surface area contributed by atoms with E-state index in [9.17, 15) is 4.39 Å². The predicted octanol–water partition coefficient (Wildman–Crippen LogP) is 3.70. The first-order chi connectivity index (χ1) is 10.1. The molecule has 1 aliphatic carbocycles. The van der Waals surface area contributed by atoms with Crippen LogP contribution in [-0.4, -0.2) is 43.0 Å². The van der Waals surface area contributed by atoms with Crippen molar-refractivity contribution in [1.82, 2.24) is 9.80 Å². The Morgan fingerprint density at radius 1 is 1.19 bits per heavy atom. The first kappa shape index (κ1) is 15.3. The summed E-state index contributed by atoms with van der Waals surface area (Å²) in [5.74, 6) is -0.325. The van der Waals surface area contributed by atoms with Crippen LogP contribution < -0.4 is 0 Å². The number of piperazine rings is 1. The third-order valence-corrected chi connectivity index (χ3v) is 5.34. The highest BCUT2D eigenvalue weighted by molar-refractivity contribution is 6.30. The molecule has 0 amide bonds. The average Bonchev–Trinajstić information content (AvgIpc) is 2.51. The Balaban J connectivity index is 1.94. The number of hydrogen-bond acceptors (Lipinski definition) is 2. The van der Waals surface area contributed by atoms with Crippen molar-refractivity contribution in [3.8, 4) is 0 Å². The van der Waals surface area contributed by atoms with Gasteiger partial charge >= 0.3 is 0 Å². The van der Waals surface area contributed by atoms with Crippen LogP contribution in [0.4, 0.5) is 4.39 Å². The van der Waals surface area contributed by atoms with Gasteiger partial charge in [-0.15, -0.1) is 0 Å². The van der Waals surface area contributed by atoms with Gasteiger partial charge in [-0.1, -0.05) is 30.5 Å². The first-order valence-electron chi connectivity index (χ1n) is 7.83. The highest BCUT2D eigenvalue weighted by Gasteiger charge is 2.40. The predicted molar refractivity (Wildman–Crippen MR) is 84.9 cm³/mol. The first-order valence-corrected chi connectivity index (χ1v) is 8.20. The summed E-state index contributed by atoms with van der Waals surface area (Å²) in [5.41, 5.74) is 1.19. The Bertz CT molecular complexity index is 492. The molecular weight excluding hydrogens is 287 g/mol. The molecule has 115 valence electrons. The summed E-state index contributed by atoms with van der Waals surface area (Å²) in [6, 6.07) is 5.29. The zero-order valence-electron chi connectivity index (χ0n) is 12.6. The van der Waals surface area contributed by atoms with Crippen LogP contribution in [0.25, 0.3) is 0 Å². The van der Waals surface area contributed by atoms with E-state index in [1.54, 1.807) is 0 Å². The topological polar surface area (TPSA) is 6.48 Å². The van der Waals surface area contributed by atoms with Crippen LogP contribution in [0.3, 0.4) is 0 Å². The van der Waals surface area contributed by atoms with Gasteiger partial charge < -0.3 is 4.90 Å². The molecule has 2 aliphatic rings. The molecule has 1 saturated heterocycles. The van der Waals surface area contributed by atoms with Crippen LogP contribution in [0.2, 0.25) is 5.02 Å². The highest BCUT2D eigenvalue weighted by atomic mass is 35.5. The summed E-state index contributed by atoms with van der Waals surface area (Å²) in [5, 5.41) is 0.242. The molecule has 1 aromatic rings. The van der Waals surface area contributed by atoms with Crippen LogP contribution in [0.5, 0.6) is 0 Å². The van der Waals surface area contributed by atoms with E-state index < -0.39 is 0 Å². The summed E-state index contributed by atoms with van der Waals surface area (Å²) in [6.07, 6.45) is 6.94. The summed E-state index contributed by atoms with van der Waals surface area (Å²) in [6.45, 7) is 4.33. The lowest BCUT2D eigenvalue weighted by Crippen LogP contribution is -2.55. The van der Waals surface area contributed by atoms with Crippen molar-refractivity contribution in [2.24, 2.45) is 0 Å². The van der Waals surface area contributed by atoms with Gasteiger partial charge in [0.2, 0.25) is 0 Å². The Morgan fingerprint density at radius 3 is 2.57 bits per heavy atom. The van der Waals surface area contributed by atoms with Crippen molar-refractivity contribution >= 4 is 11.6 Å². The third-order valence-electron chi connectivity index (χ3n) is 5.05. The average molecular weight is 310 g/mol. The maximum atomic E-state index is 13.5. The Hall–Kier alpha value is -0.640. The molecule has 1 unspecified atom stereocenters. The number of nitrogens with zero attached hydrogens (tertiary/aromatic N) is 2. The Morgan fingerprint density at radius 2 is 1.95 bits per heavy atom. The lowest BCUT2D eigenvalue weighted by atomic mass is 9.75. The van der Waals surface area contributed by atoms with Crippen LogP contribution in [-0.2, 0) is 5.54 Å². The fourth-order valence-corrected chi connectivity index (χ4v) is 3.91. The van der Waals surface area contributed by atoms with Gasteiger partial charge in [0, 0.05) is 31.7 Å². The van der Waals surface area contributed by atoms with E-state index in [2.05, 4.69) is 23.3 Å².